The predicted octanol–water partition coefficient (Wildman–Crippen LogP) is 4.36. The number of carbonyl (C=O) groups is 1. The topological polar surface area (TPSA) is 42.4 Å². The largest absolute Gasteiger partial charge is 0.573 e. The lowest BCUT2D eigenvalue weighted by molar-refractivity contribution is -0.274. The van der Waals surface area contributed by atoms with Crippen molar-refractivity contribution >= 4 is 27.5 Å². The van der Waals surface area contributed by atoms with Gasteiger partial charge in [0.2, 0.25) is 5.91 Å². The van der Waals surface area contributed by atoms with E-state index in [0.717, 1.165) is 0 Å². The van der Waals surface area contributed by atoms with E-state index >= 15 is 0 Å². The Morgan fingerprint density at radius 2 is 1.88 bits per heavy atom. The van der Waals surface area contributed by atoms with E-state index in [9.17, 15) is 22.4 Å². The fraction of sp³-hybridized carbons (Fsp3) is 0.250. The number of fused-ring (bicyclic) bond motifs is 1. The van der Waals surface area contributed by atoms with Crippen LogP contribution in [0, 0.1) is 5.82 Å². The fourth-order valence-electron chi connectivity index (χ4n) is 2.56. The van der Waals surface area contributed by atoms with Crippen molar-refractivity contribution in [3.63, 3.8) is 0 Å². The minimum atomic E-state index is -4.76. The first-order valence-corrected chi connectivity index (χ1v) is 8.02. The molecule has 2 aromatic rings. The Morgan fingerprint density at radius 3 is 2.52 bits per heavy atom. The second-order valence-corrected chi connectivity index (χ2v) is 6.15. The third-order valence-electron chi connectivity index (χ3n) is 3.65. The molecule has 9 heteroatoms. The van der Waals surface area contributed by atoms with Gasteiger partial charge in [-0.3, -0.25) is 4.79 Å². The van der Waals surface area contributed by atoms with Gasteiger partial charge in [-0.25, -0.2) is 9.37 Å². The molecule has 2 heterocycles. The van der Waals surface area contributed by atoms with E-state index in [1.807, 2.05) is 0 Å². The van der Waals surface area contributed by atoms with Gasteiger partial charge in [0.15, 0.2) is 5.82 Å². The molecule has 0 saturated carbocycles. The maximum atomic E-state index is 13.8. The van der Waals surface area contributed by atoms with Crippen LogP contribution in [-0.4, -0.2) is 17.3 Å². The standard InChI is InChI=1S/C16H11BrF4N2O2/c17-15-11(18)7-13-12(22-15)5-6-14(24)23(13)8-9-1-3-10(4-2-9)25-16(19,20)21/h1-4,7H,5-6,8H2. The monoisotopic (exact) mass is 418 g/mol. The molecule has 25 heavy (non-hydrogen) atoms. The lowest BCUT2D eigenvalue weighted by atomic mass is 10.1. The van der Waals surface area contributed by atoms with Crippen LogP contribution in [0.5, 0.6) is 5.75 Å². The predicted molar refractivity (Wildman–Crippen MR) is 84.5 cm³/mol. The number of carbonyl (C=O) groups excluding carboxylic acids is 1. The third-order valence-corrected chi connectivity index (χ3v) is 4.21. The Kier molecular flexibility index (Phi) is 4.68. The molecule has 132 valence electrons. The third kappa shape index (κ3) is 4.09. The Bertz CT molecular complexity index is 809. The second-order valence-electron chi connectivity index (χ2n) is 5.40. The molecule has 0 saturated heterocycles. The molecule has 0 bridgehead atoms. The van der Waals surface area contributed by atoms with E-state index in [4.69, 9.17) is 0 Å². The van der Waals surface area contributed by atoms with Crippen molar-refractivity contribution in [3.05, 3.63) is 52.0 Å². The highest BCUT2D eigenvalue weighted by molar-refractivity contribution is 9.10. The number of aromatic nitrogens is 1. The van der Waals surface area contributed by atoms with Crippen molar-refractivity contribution in [3.8, 4) is 5.75 Å². The van der Waals surface area contributed by atoms with Crippen molar-refractivity contribution in [2.75, 3.05) is 4.90 Å². The minimum absolute atomic E-state index is 0.0780. The number of amides is 1. The number of anilines is 1. The van der Waals surface area contributed by atoms with Crippen molar-refractivity contribution in [1.82, 2.24) is 4.98 Å². The molecule has 0 unspecified atom stereocenters. The summed E-state index contributed by atoms with van der Waals surface area (Å²) < 4.78 is 54.2. The molecule has 1 aromatic heterocycles. The van der Waals surface area contributed by atoms with Gasteiger partial charge in [0.25, 0.3) is 0 Å². The molecule has 4 nitrogen and oxygen atoms in total. The average molecular weight is 419 g/mol. The Labute approximate surface area is 148 Å². The molecule has 1 aliphatic rings. The fourth-order valence-corrected chi connectivity index (χ4v) is 2.89. The molecule has 0 fully saturated rings. The van der Waals surface area contributed by atoms with Gasteiger partial charge in [0.1, 0.15) is 10.4 Å². The zero-order chi connectivity index (χ0) is 18.2. The molecule has 1 amide bonds. The van der Waals surface area contributed by atoms with Crippen LogP contribution in [0.3, 0.4) is 0 Å². The van der Waals surface area contributed by atoms with E-state index in [0.29, 0.717) is 23.4 Å². The number of pyridine rings is 1. The van der Waals surface area contributed by atoms with Gasteiger partial charge in [-0.2, -0.15) is 0 Å². The number of alkyl halides is 3. The summed E-state index contributed by atoms with van der Waals surface area (Å²) in [5.74, 6) is -1.14. The van der Waals surface area contributed by atoms with E-state index in [-0.39, 0.29) is 29.2 Å². The van der Waals surface area contributed by atoms with E-state index < -0.39 is 12.2 Å². The summed E-state index contributed by atoms with van der Waals surface area (Å²) in [4.78, 5) is 17.7. The number of hydrogen-bond acceptors (Lipinski definition) is 3. The number of rotatable bonds is 3. The van der Waals surface area contributed by atoms with Crippen LogP contribution in [0.25, 0.3) is 0 Å². The van der Waals surface area contributed by atoms with E-state index in [2.05, 4.69) is 25.7 Å². The van der Waals surface area contributed by atoms with Gasteiger partial charge in [0, 0.05) is 18.9 Å². The normalized spacial score (nSPS) is 14.4. The summed E-state index contributed by atoms with van der Waals surface area (Å²) in [7, 11) is 0. The number of aryl methyl sites for hydroxylation is 1. The van der Waals surface area contributed by atoms with Gasteiger partial charge in [-0.05, 0) is 33.6 Å². The number of hydrogen-bond donors (Lipinski definition) is 0. The molecule has 0 spiro atoms. The molecule has 1 aliphatic heterocycles. The highest BCUT2D eigenvalue weighted by Crippen LogP contribution is 2.31. The van der Waals surface area contributed by atoms with Crippen LogP contribution >= 0.6 is 15.9 Å². The van der Waals surface area contributed by atoms with Gasteiger partial charge in [-0.15, -0.1) is 13.2 Å². The van der Waals surface area contributed by atoms with Crippen LogP contribution in [-0.2, 0) is 17.8 Å². The minimum Gasteiger partial charge on any atom is -0.406 e. The highest BCUT2D eigenvalue weighted by Gasteiger charge is 2.31. The number of halogens is 5. The first-order valence-electron chi connectivity index (χ1n) is 7.23. The van der Waals surface area contributed by atoms with Crippen molar-refractivity contribution in [1.29, 1.82) is 0 Å². The summed E-state index contributed by atoms with van der Waals surface area (Å²) >= 11 is 3.01. The van der Waals surface area contributed by atoms with Crippen LogP contribution in [0.1, 0.15) is 17.7 Å². The summed E-state index contributed by atoms with van der Waals surface area (Å²) in [5.41, 5.74) is 1.54. The molecule has 0 aliphatic carbocycles. The number of ether oxygens (including phenoxy) is 1. The van der Waals surface area contributed by atoms with Crippen LogP contribution in [0.15, 0.2) is 34.9 Å². The Balaban J connectivity index is 1.83. The molecular weight excluding hydrogens is 408 g/mol. The van der Waals surface area contributed by atoms with E-state index in [1.165, 1.54) is 35.2 Å². The summed E-state index contributed by atoms with van der Waals surface area (Å²) in [5, 5.41) is 0. The quantitative estimate of drug-likeness (QED) is 0.549. The SMILES string of the molecule is O=C1CCc2nc(Br)c(F)cc2N1Cc1ccc(OC(F)(F)F)cc1. The molecule has 1 aromatic carbocycles. The van der Waals surface area contributed by atoms with Gasteiger partial charge < -0.3 is 9.64 Å². The molecule has 0 atom stereocenters. The Morgan fingerprint density at radius 1 is 1.20 bits per heavy atom. The maximum absolute atomic E-state index is 13.8. The zero-order valence-electron chi connectivity index (χ0n) is 12.6. The lowest BCUT2D eigenvalue weighted by Crippen LogP contribution is -2.35. The van der Waals surface area contributed by atoms with Gasteiger partial charge in [-0.1, -0.05) is 12.1 Å². The summed E-state index contributed by atoms with van der Waals surface area (Å²) in [6.45, 7) is 0.0981. The first kappa shape index (κ1) is 17.7. The smallest absolute Gasteiger partial charge is 0.406 e. The van der Waals surface area contributed by atoms with Gasteiger partial charge >= 0.3 is 6.36 Å². The maximum Gasteiger partial charge on any atom is 0.573 e. The lowest BCUT2D eigenvalue weighted by Gasteiger charge is -2.29. The van der Waals surface area contributed by atoms with Crippen LogP contribution < -0.4 is 9.64 Å². The van der Waals surface area contributed by atoms with Crippen LogP contribution in [0.4, 0.5) is 23.2 Å². The highest BCUT2D eigenvalue weighted by atomic mass is 79.9. The van der Waals surface area contributed by atoms with Crippen LogP contribution in [0.2, 0.25) is 0 Å². The summed E-state index contributed by atoms with van der Waals surface area (Å²) in [6.07, 6.45) is -4.13. The molecular formula is C16H11BrF4N2O2. The first-order chi connectivity index (χ1) is 11.7. The van der Waals surface area contributed by atoms with E-state index in [1.54, 1.807) is 0 Å². The number of nitrogens with zero attached hydrogens (tertiary/aromatic N) is 2. The summed E-state index contributed by atoms with van der Waals surface area (Å²) in [6, 6.07) is 6.40. The number of benzene rings is 1. The second kappa shape index (κ2) is 6.62. The van der Waals surface area contributed by atoms with Gasteiger partial charge in [0.05, 0.1) is 17.9 Å². The van der Waals surface area contributed by atoms with Crippen molar-refractivity contribution in [2.45, 2.75) is 25.7 Å². The molecule has 3 rings (SSSR count). The van der Waals surface area contributed by atoms with Crippen molar-refractivity contribution in [2.24, 2.45) is 0 Å². The zero-order valence-corrected chi connectivity index (χ0v) is 14.2. The molecule has 0 N–H and O–H groups in total. The Hall–Kier alpha value is -2.16. The molecule has 0 radical (unpaired) electrons. The van der Waals surface area contributed by atoms with Crippen molar-refractivity contribution < 1.29 is 27.1 Å². The average Bonchev–Trinajstić information content (AvgIpc) is 2.52.